The van der Waals surface area contributed by atoms with Crippen LogP contribution in [0.5, 0.6) is 0 Å². The number of imide groups is 1. The van der Waals surface area contributed by atoms with E-state index >= 15 is 0 Å². The molecule has 2 heterocycles. The molecule has 0 aliphatic carbocycles. The number of nitrogens with one attached hydrogen (secondary N) is 1. The van der Waals surface area contributed by atoms with Crippen molar-refractivity contribution in [2.75, 3.05) is 13.1 Å². The molecule has 24 heavy (non-hydrogen) atoms. The van der Waals surface area contributed by atoms with Crippen LogP contribution >= 0.6 is 0 Å². The van der Waals surface area contributed by atoms with Crippen LogP contribution in [-0.2, 0) is 0 Å². The molecule has 2 aromatic rings. The maximum absolute atomic E-state index is 12.5. The molecule has 2 aliphatic heterocycles. The van der Waals surface area contributed by atoms with Gasteiger partial charge in [0.15, 0.2) is 0 Å². The molecule has 0 aromatic heterocycles. The first-order valence-corrected chi connectivity index (χ1v) is 8.39. The Hall–Kier alpha value is -2.24. The minimum atomic E-state index is -0.437. The van der Waals surface area contributed by atoms with Crippen molar-refractivity contribution in [3.63, 3.8) is 0 Å². The van der Waals surface area contributed by atoms with Gasteiger partial charge in [0.2, 0.25) is 0 Å². The Morgan fingerprint density at radius 1 is 1.12 bits per heavy atom. The molecule has 1 saturated heterocycles. The zero-order valence-electron chi connectivity index (χ0n) is 13.6. The Morgan fingerprint density at radius 2 is 1.88 bits per heavy atom. The monoisotopic (exact) mass is 324 g/mol. The normalized spacial score (nSPS) is 20.2. The fraction of sp³-hybridized carbons (Fsp3) is 0.368. The van der Waals surface area contributed by atoms with E-state index in [2.05, 4.69) is 5.32 Å². The Morgan fingerprint density at radius 3 is 2.58 bits per heavy atom. The van der Waals surface area contributed by atoms with Gasteiger partial charge in [0, 0.05) is 24.0 Å². The zero-order chi connectivity index (χ0) is 16.8. The molecule has 0 radical (unpaired) electrons. The van der Waals surface area contributed by atoms with Gasteiger partial charge in [-0.3, -0.25) is 19.8 Å². The van der Waals surface area contributed by atoms with Gasteiger partial charge in [0.05, 0.1) is 5.56 Å². The first kappa shape index (κ1) is 15.3. The molecule has 5 heteroatoms. The van der Waals surface area contributed by atoms with Crippen molar-refractivity contribution in [1.82, 2.24) is 10.2 Å². The van der Waals surface area contributed by atoms with E-state index in [1.165, 1.54) is 0 Å². The van der Waals surface area contributed by atoms with E-state index < -0.39 is 6.23 Å². The van der Waals surface area contributed by atoms with Gasteiger partial charge in [0.1, 0.15) is 6.23 Å². The van der Waals surface area contributed by atoms with E-state index in [4.69, 9.17) is 0 Å². The summed E-state index contributed by atoms with van der Waals surface area (Å²) < 4.78 is 0. The average molecular weight is 324 g/mol. The van der Waals surface area contributed by atoms with Gasteiger partial charge in [-0.1, -0.05) is 24.3 Å². The minimum Gasteiger partial charge on any atom is -0.379 e. The molecular weight excluding hydrogens is 304 g/mol. The molecule has 1 fully saturated rings. The van der Waals surface area contributed by atoms with Crippen molar-refractivity contribution in [3.05, 3.63) is 47.0 Å². The molecule has 1 atom stereocenters. The van der Waals surface area contributed by atoms with Crippen molar-refractivity contribution in [2.24, 2.45) is 0 Å². The first-order valence-electron chi connectivity index (χ1n) is 8.39. The Kier molecular flexibility index (Phi) is 3.62. The van der Waals surface area contributed by atoms with Crippen LogP contribution in [0.15, 0.2) is 30.3 Å². The van der Waals surface area contributed by atoms with Crippen molar-refractivity contribution in [2.45, 2.75) is 31.9 Å². The van der Waals surface area contributed by atoms with Crippen LogP contribution in [0.3, 0.4) is 0 Å². The first-order chi connectivity index (χ1) is 11.6. The van der Waals surface area contributed by atoms with Crippen LogP contribution in [0.25, 0.3) is 10.8 Å². The van der Waals surface area contributed by atoms with Gasteiger partial charge in [-0.05, 0) is 42.7 Å². The molecule has 2 aliphatic rings. The third-order valence-corrected chi connectivity index (χ3v) is 5.27. The lowest BCUT2D eigenvalue weighted by Gasteiger charge is -2.35. The number of rotatable bonds is 2. The van der Waals surface area contributed by atoms with Crippen molar-refractivity contribution >= 4 is 22.6 Å². The molecule has 5 nitrogen and oxygen atoms in total. The van der Waals surface area contributed by atoms with Crippen LogP contribution in [0.4, 0.5) is 0 Å². The number of hydrogen-bond donors (Lipinski definition) is 2. The Bertz CT molecular complexity index is 836. The van der Waals surface area contributed by atoms with Crippen LogP contribution in [-0.4, -0.2) is 41.1 Å². The topological polar surface area (TPSA) is 69.6 Å². The summed E-state index contributed by atoms with van der Waals surface area (Å²) >= 11 is 0. The second-order valence-electron chi connectivity index (χ2n) is 6.66. The SMILES string of the molecule is CC(O)N1CCC(c2ccc3cccc4c3c2C(=O)NC4=O)CC1. The number of aliphatic hydroxyl groups excluding tert-OH is 1. The lowest BCUT2D eigenvalue weighted by atomic mass is 9.82. The summed E-state index contributed by atoms with van der Waals surface area (Å²) in [7, 11) is 0. The van der Waals surface area contributed by atoms with Crippen LogP contribution in [0.2, 0.25) is 0 Å². The van der Waals surface area contributed by atoms with E-state index in [9.17, 15) is 14.7 Å². The summed E-state index contributed by atoms with van der Waals surface area (Å²) in [5.74, 6) is -0.345. The second kappa shape index (κ2) is 5.69. The number of amides is 2. The number of carbonyl (C=O) groups is 2. The van der Waals surface area contributed by atoms with Crippen LogP contribution < -0.4 is 5.32 Å². The summed E-state index contributed by atoms with van der Waals surface area (Å²) in [6, 6.07) is 9.59. The van der Waals surface area contributed by atoms with Crippen molar-refractivity contribution in [1.29, 1.82) is 0 Å². The highest BCUT2D eigenvalue weighted by molar-refractivity contribution is 6.26. The van der Waals surface area contributed by atoms with Gasteiger partial charge in [-0.2, -0.15) is 0 Å². The minimum absolute atomic E-state index is 0.270. The molecule has 0 spiro atoms. The number of aliphatic hydroxyl groups is 1. The zero-order valence-corrected chi connectivity index (χ0v) is 13.6. The Balaban J connectivity index is 1.80. The van der Waals surface area contributed by atoms with Crippen molar-refractivity contribution < 1.29 is 14.7 Å². The summed E-state index contributed by atoms with van der Waals surface area (Å²) in [6.45, 7) is 3.40. The van der Waals surface area contributed by atoms with E-state index in [0.29, 0.717) is 11.1 Å². The second-order valence-corrected chi connectivity index (χ2v) is 6.66. The van der Waals surface area contributed by atoms with Gasteiger partial charge in [-0.25, -0.2) is 0 Å². The highest BCUT2D eigenvalue weighted by Gasteiger charge is 2.31. The number of nitrogens with zero attached hydrogens (tertiary/aromatic N) is 1. The molecule has 2 amide bonds. The number of likely N-dealkylation sites (tertiary alicyclic amines) is 1. The fourth-order valence-electron chi connectivity index (χ4n) is 3.99. The lowest BCUT2D eigenvalue weighted by Crippen LogP contribution is -2.40. The van der Waals surface area contributed by atoms with E-state index in [1.54, 1.807) is 13.0 Å². The van der Waals surface area contributed by atoms with Crippen molar-refractivity contribution in [3.8, 4) is 0 Å². The maximum atomic E-state index is 12.5. The quantitative estimate of drug-likeness (QED) is 0.831. The van der Waals surface area contributed by atoms with Gasteiger partial charge in [-0.15, -0.1) is 0 Å². The standard InChI is InChI=1S/C19H20N2O3/c1-11(22)21-9-7-12(8-10-21)14-6-5-13-3-2-4-15-16(13)17(14)19(24)20-18(15)23/h2-6,11-12,22H,7-10H2,1H3,(H,20,23,24). The summed E-state index contributed by atoms with van der Waals surface area (Å²) in [4.78, 5) is 26.7. The third kappa shape index (κ3) is 2.32. The summed E-state index contributed by atoms with van der Waals surface area (Å²) in [6.07, 6.45) is 1.35. The largest absolute Gasteiger partial charge is 0.379 e. The molecule has 2 N–H and O–H groups in total. The molecule has 1 unspecified atom stereocenters. The van der Waals surface area contributed by atoms with Gasteiger partial charge >= 0.3 is 0 Å². The molecule has 2 aromatic carbocycles. The predicted octanol–water partition coefficient (Wildman–Crippen LogP) is 2.24. The lowest BCUT2D eigenvalue weighted by molar-refractivity contribution is 0.00299. The number of hydrogen-bond acceptors (Lipinski definition) is 4. The molecular formula is C19H20N2O3. The van der Waals surface area contributed by atoms with E-state index in [0.717, 1.165) is 42.3 Å². The Labute approximate surface area is 140 Å². The summed E-state index contributed by atoms with van der Waals surface area (Å²) in [5.41, 5.74) is 2.24. The molecule has 124 valence electrons. The number of piperidine rings is 1. The highest BCUT2D eigenvalue weighted by Crippen LogP contribution is 2.36. The predicted molar refractivity (Wildman–Crippen MR) is 91.0 cm³/mol. The molecule has 4 rings (SSSR count). The van der Waals surface area contributed by atoms with E-state index in [1.807, 2.05) is 29.2 Å². The van der Waals surface area contributed by atoms with Crippen LogP contribution in [0.1, 0.15) is 52.0 Å². The number of carbonyl (C=O) groups excluding carboxylic acids is 2. The van der Waals surface area contributed by atoms with E-state index in [-0.39, 0.29) is 17.7 Å². The van der Waals surface area contributed by atoms with Gasteiger partial charge in [0.25, 0.3) is 11.8 Å². The molecule has 0 bridgehead atoms. The maximum Gasteiger partial charge on any atom is 0.259 e. The average Bonchev–Trinajstić information content (AvgIpc) is 2.59. The van der Waals surface area contributed by atoms with Gasteiger partial charge < -0.3 is 5.11 Å². The number of benzene rings is 2. The summed E-state index contributed by atoms with van der Waals surface area (Å²) in [5, 5.41) is 13.9. The van der Waals surface area contributed by atoms with Crippen LogP contribution in [0, 0.1) is 0 Å². The fourth-order valence-corrected chi connectivity index (χ4v) is 3.99. The highest BCUT2D eigenvalue weighted by atomic mass is 16.3. The molecule has 0 saturated carbocycles. The third-order valence-electron chi connectivity index (χ3n) is 5.27. The smallest absolute Gasteiger partial charge is 0.259 e.